The van der Waals surface area contributed by atoms with Crippen molar-refractivity contribution >= 4 is 35.8 Å². The molecule has 0 bridgehead atoms. The van der Waals surface area contributed by atoms with Crippen LogP contribution in [-0.2, 0) is 4.79 Å². The average molecular weight is 522 g/mol. The van der Waals surface area contributed by atoms with Crippen molar-refractivity contribution in [3.05, 3.63) is 0 Å². The minimum Gasteiger partial charge on any atom is -0.357 e. The summed E-state index contributed by atoms with van der Waals surface area (Å²) in [5.41, 5.74) is 0. The van der Waals surface area contributed by atoms with Crippen LogP contribution in [0.5, 0.6) is 0 Å². The molecule has 2 heterocycles. The van der Waals surface area contributed by atoms with Crippen LogP contribution in [-0.4, -0.2) is 74.0 Å². The predicted molar refractivity (Wildman–Crippen MR) is 133 cm³/mol. The molecule has 2 aliphatic rings. The van der Waals surface area contributed by atoms with Crippen molar-refractivity contribution in [3.63, 3.8) is 0 Å². The molecule has 0 saturated carbocycles. The van der Waals surface area contributed by atoms with Crippen molar-refractivity contribution < 1.29 is 4.79 Å². The van der Waals surface area contributed by atoms with E-state index in [9.17, 15) is 4.79 Å². The predicted octanol–water partition coefficient (Wildman–Crippen LogP) is 3.32. The Hall–Kier alpha value is -0.570. The molecule has 0 aromatic heterocycles. The van der Waals surface area contributed by atoms with Crippen molar-refractivity contribution in [3.8, 4) is 0 Å². The number of carbonyl (C=O) groups excluding carboxylic acids is 1. The standard InChI is InChI=1S/C22H43N5O.HI/c1-4-23-22(24-12-9-15-27-14-7-5-6-11-21(27)28)25-16-20-10-8-13-26(18-20)17-19(2)3;/h19-20H,4-18H2,1-3H3,(H2,23,24,25);1H. The third-order valence-corrected chi connectivity index (χ3v) is 5.65. The number of aliphatic imine (C=N–C) groups is 1. The van der Waals surface area contributed by atoms with Gasteiger partial charge in [-0.25, -0.2) is 0 Å². The van der Waals surface area contributed by atoms with Gasteiger partial charge in [-0.15, -0.1) is 24.0 Å². The lowest BCUT2D eigenvalue weighted by molar-refractivity contribution is -0.130. The molecule has 2 aliphatic heterocycles. The van der Waals surface area contributed by atoms with Crippen LogP contribution in [0.4, 0.5) is 0 Å². The van der Waals surface area contributed by atoms with Crippen LogP contribution >= 0.6 is 24.0 Å². The van der Waals surface area contributed by atoms with Gasteiger partial charge in [-0.3, -0.25) is 9.79 Å². The number of hydrogen-bond acceptors (Lipinski definition) is 3. The Labute approximate surface area is 195 Å². The van der Waals surface area contributed by atoms with Crippen LogP contribution < -0.4 is 10.6 Å². The number of carbonyl (C=O) groups is 1. The molecule has 170 valence electrons. The lowest BCUT2D eigenvalue weighted by atomic mass is 9.97. The van der Waals surface area contributed by atoms with E-state index in [2.05, 4.69) is 36.3 Å². The van der Waals surface area contributed by atoms with Crippen LogP contribution in [0, 0.1) is 11.8 Å². The number of nitrogens with zero attached hydrogens (tertiary/aromatic N) is 3. The topological polar surface area (TPSA) is 60.0 Å². The van der Waals surface area contributed by atoms with Gasteiger partial charge in [0.05, 0.1) is 0 Å². The molecule has 1 atom stereocenters. The monoisotopic (exact) mass is 521 g/mol. The van der Waals surface area contributed by atoms with Gasteiger partial charge in [0.2, 0.25) is 5.91 Å². The molecular formula is C22H44IN5O. The highest BCUT2D eigenvalue weighted by atomic mass is 127. The van der Waals surface area contributed by atoms with E-state index < -0.39 is 0 Å². The molecule has 6 nitrogen and oxygen atoms in total. The van der Waals surface area contributed by atoms with Gasteiger partial charge < -0.3 is 20.4 Å². The molecule has 1 unspecified atom stereocenters. The van der Waals surface area contributed by atoms with E-state index >= 15 is 0 Å². The normalized spacial score (nSPS) is 21.7. The molecule has 2 rings (SSSR count). The Morgan fingerprint density at radius 1 is 1.17 bits per heavy atom. The fraction of sp³-hybridized carbons (Fsp3) is 0.909. The number of amides is 1. The van der Waals surface area contributed by atoms with Crippen LogP contribution in [0.25, 0.3) is 0 Å². The molecule has 7 heteroatoms. The largest absolute Gasteiger partial charge is 0.357 e. The summed E-state index contributed by atoms with van der Waals surface area (Å²) in [5, 5.41) is 6.83. The first-order valence-corrected chi connectivity index (χ1v) is 11.6. The van der Waals surface area contributed by atoms with Gasteiger partial charge >= 0.3 is 0 Å². The fourth-order valence-corrected chi connectivity index (χ4v) is 4.30. The Morgan fingerprint density at radius 3 is 2.76 bits per heavy atom. The van der Waals surface area contributed by atoms with Crippen LogP contribution in [0.3, 0.4) is 0 Å². The summed E-state index contributed by atoms with van der Waals surface area (Å²) >= 11 is 0. The molecule has 0 radical (unpaired) electrons. The maximum Gasteiger partial charge on any atom is 0.222 e. The van der Waals surface area contributed by atoms with Crippen molar-refractivity contribution in [2.24, 2.45) is 16.8 Å². The summed E-state index contributed by atoms with van der Waals surface area (Å²) in [4.78, 5) is 21.6. The van der Waals surface area contributed by atoms with Gasteiger partial charge in [0.25, 0.3) is 0 Å². The Morgan fingerprint density at radius 2 is 2.00 bits per heavy atom. The summed E-state index contributed by atoms with van der Waals surface area (Å²) in [6.45, 7) is 14.8. The molecule has 2 N–H and O–H groups in total. The highest BCUT2D eigenvalue weighted by molar-refractivity contribution is 14.0. The lowest BCUT2D eigenvalue weighted by Gasteiger charge is -2.33. The molecular weight excluding hydrogens is 477 g/mol. The molecule has 0 aliphatic carbocycles. The summed E-state index contributed by atoms with van der Waals surface area (Å²) in [5.74, 6) is 2.65. The highest BCUT2D eigenvalue weighted by Gasteiger charge is 2.20. The molecule has 2 fully saturated rings. The van der Waals surface area contributed by atoms with E-state index in [1.165, 1.54) is 38.9 Å². The van der Waals surface area contributed by atoms with E-state index in [0.29, 0.717) is 11.8 Å². The maximum absolute atomic E-state index is 12.1. The van der Waals surface area contributed by atoms with E-state index in [1.807, 2.05) is 4.90 Å². The minimum absolute atomic E-state index is 0. The fourth-order valence-electron chi connectivity index (χ4n) is 4.30. The van der Waals surface area contributed by atoms with Gasteiger partial charge in [-0.2, -0.15) is 0 Å². The number of likely N-dealkylation sites (tertiary alicyclic amines) is 2. The average Bonchev–Trinajstić information content (AvgIpc) is 2.87. The molecule has 1 amide bonds. The van der Waals surface area contributed by atoms with Gasteiger partial charge in [-0.05, 0) is 57.4 Å². The Bertz CT molecular complexity index is 486. The van der Waals surface area contributed by atoms with Gasteiger partial charge in [0, 0.05) is 52.2 Å². The zero-order valence-corrected chi connectivity index (χ0v) is 21.2. The zero-order valence-electron chi connectivity index (χ0n) is 18.9. The Kier molecular flexibility index (Phi) is 13.9. The van der Waals surface area contributed by atoms with Crippen molar-refractivity contribution in [2.75, 3.05) is 52.4 Å². The SMILES string of the molecule is CCNC(=NCC1CCCN(CC(C)C)C1)NCCCN1CCCCCC1=O.I. The second-order valence-electron chi connectivity index (χ2n) is 8.85. The van der Waals surface area contributed by atoms with E-state index in [1.54, 1.807) is 0 Å². The van der Waals surface area contributed by atoms with Gasteiger partial charge in [0.15, 0.2) is 5.96 Å². The number of guanidine groups is 1. The smallest absolute Gasteiger partial charge is 0.222 e. The van der Waals surface area contributed by atoms with Crippen LogP contribution in [0.15, 0.2) is 4.99 Å². The molecule has 0 spiro atoms. The van der Waals surface area contributed by atoms with Gasteiger partial charge in [-0.1, -0.05) is 20.3 Å². The van der Waals surface area contributed by atoms with Gasteiger partial charge in [0.1, 0.15) is 0 Å². The highest BCUT2D eigenvalue weighted by Crippen LogP contribution is 2.17. The third-order valence-electron chi connectivity index (χ3n) is 5.65. The van der Waals surface area contributed by atoms with Crippen molar-refractivity contribution in [2.45, 2.75) is 65.7 Å². The molecule has 29 heavy (non-hydrogen) atoms. The number of nitrogens with one attached hydrogen (secondary N) is 2. The minimum atomic E-state index is 0. The zero-order chi connectivity index (χ0) is 20.2. The number of piperidine rings is 1. The van der Waals surface area contributed by atoms with E-state index in [4.69, 9.17) is 4.99 Å². The second kappa shape index (κ2) is 15.3. The van der Waals surface area contributed by atoms with Crippen molar-refractivity contribution in [1.82, 2.24) is 20.4 Å². The molecule has 2 saturated heterocycles. The first-order chi connectivity index (χ1) is 13.6. The quantitative estimate of drug-likeness (QED) is 0.212. The second-order valence-corrected chi connectivity index (χ2v) is 8.85. The summed E-state index contributed by atoms with van der Waals surface area (Å²) in [7, 11) is 0. The first kappa shape index (κ1) is 26.5. The molecule has 0 aromatic rings. The van der Waals surface area contributed by atoms with Crippen LogP contribution in [0.2, 0.25) is 0 Å². The lowest BCUT2D eigenvalue weighted by Crippen LogP contribution is -2.41. The van der Waals surface area contributed by atoms with Crippen molar-refractivity contribution in [1.29, 1.82) is 0 Å². The number of hydrogen-bond donors (Lipinski definition) is 2. The molecule has 0 aromatic carbocycles. The third kappa shape index (κ3) is 10.9. The summed E-state index contributed by atoms with van der Waals surface area (Å²) < 4.78 is 0. The van der Waals surface area contributed by atoms with E-state index in [0.717, 1.165) is 70.3 Å². The number of halogens is 1. The summed E-state index contributed by atoms with van der Waals surface area (Å²) in [6.07, 6.45) is 7.68. The first-order valence-electron chi connectivity index (χ1n) is 11.6. The number of rotatable bonds is 9. The Balaban J connectivity index is 0.00000420. The van der Waals surface area contributed by atoms with E-state index in [-0.39, 0.29) is 24.0 Å². The maximum atomic E-state index is 12.1. The van der Waals surface area contributed by atoms with Crippen LogP contribution in [0.1, 0.15) is 65.7 Å². The summed E-state index contributed by atoms with van der Waals surface area (Å²) in [6, 6.07) is 0.